The van der Waals surface area contributed by atoms with Gasteiger partial charge in [-0.15, -0.1) is 0 Å². The van der Waals surface area contributed by atoms with E-state index in [4.69, 9.17) is 20.2 Å². The van der Waals surface area contributed by atoms with Crippen molar-refractivity contribution >= 4 is 0 Å². The molecule has 0 spiro atoms. The van der Waals surface area contributed by atoms with Crippen LogP contribution < -0.4 is 15.4 Å². The van der Waals surface area contributed by atoms with Gasteiger partial charge in [-0.05, 0) is 31.0 Å². The number of hydrogen-bond acceptors (Lipinski definition) is 4. The van der Waals surface area contributed by atoms with Crippen molar-refractivity contribution in [3.63, 3.8) is 0 Å². The molecule has 2 rings (SSSR count). The van der Waals surface area contributed by atoms with Crippen molar-refractivity contribution in [2.75, 3.05) is 7.11 Å². The Morgan fingerprint density at radius 3 is 3.00 bits per heavy atom. The summed E-state index contributed by atoms with van der Waals surface area (Å²) in [6.07, 6.45) is 0.823. The molecule has 1 aliphatic rings. The first-order valence-electron chi connectivity index (χ1n) is 4.95. The van der Waals surface area contributed by atoms with Crippen molar-refractivity contribution < 1.29 is 14.5 Å². The van der Waals surface area contributed by atoms with Crippen LogP contribution in [0.25, 0.3) is 0 Å². The summed E-state index contributed by atoms with van der Waals surface area (Å²) in [6.45, 7) is 2.45. The Labute approximate surface area is 88.9 Å². The first-order valence-corrected chi connectivity index (χ1v) is 4.95. The van der Waals surface area contributed by atoms with E-state index in [1.54, 1.807) is 7.11 Å². The Morgan fingerprint density at radius 2 is 2.33 bits per heavy atom. The Kier molecular flexibility index (Phi) is 2.79. The van der Waals surface area contributed by atoms with Gasteiger partial charge in [-0.25, -0.2) is 0 Å². The monoisotopic (exact) mass is 209 g/mol. The molecule has 1 atom stereocenters. The minimum Gasteiger partial charge on any atom is -0.493 e. The minimum atomic E-state index is 0.135. The molecule has 0 saturated carbocycles. The summed E-state index contributed by atoms with van der Waals surface area (Å²) in [7, 11) is 1.62. The fourth-order valence-corrected chi connectivity index (χ4v) is 1.72. The van der Waals surface area contributed by atoms with E-state index < -0.39 is 0 Å². The Balaban J connectivity index is 2.34. The third-order valence-electron chi connectivity index (χ3n) is 2.33. The normalized spacial score (nSPS) is 15.7. The summed E-state index contributed by atoms with van der Waals surface area (Å²) < 4.78 is 5.23. The van der Waals surface area contributed by atoms with Gasteiger partial charge in [-0.3, -0.25) is 0 Å². The molecule has 2 N–H and O–H groups in total. The zero-order valence-electron chi connectivity index (χ0n) is 8.95. The van der Waals surface area contributed by atoms with Crippen LogP contribution in [-0.4, -0.2) is 13.2 Å². The smallest absolute Gasteiger partial charge is 0.212 e. The lowest BCUT2D eigenvalue weighted by atomic mass is 10.0. The molecular formula is C11H15NO3. The van der Waals surface area contributed by atoms with Gasteiger partial charge in [0.15, 0.2) is 5.75 Å². The van der Waals surface area contributed by atoms with Crippen LogP contribution in [0.4, 0.5) is 0 Å². The number of nitrogens with two attached hydrogens (primary N) is 1. The molecule has 82 valence electrons. The van der Waals surface area contributed by atoms with Gasteiger partial charge in [0.05, 0.1) is 7.11 Å². The fourth-order valence-electron chi connectivity index (χ4n) is 1.72. The van der Waals surface area contributed by atoms with Crippen LogP contribution in [0.1, 0.15) is 18.1 Å². The van der Waals surface area contributed by atoms with E-state index >= 15 is 0 Å². The molecule has 0 aromatic heterocycles. The van der Waals surface area contributed by atoms with E-state index in [9.17, 15) is 0 Å². The van der Waals surface area contributed by atoms with Crippen LogP contribution in [-0.2, 0) is 17.9 Å². The van der Waals surface area contributed by atoms with Gasteiger partial charge in [0, 0.05) is 11.6 Å². The summed E-state index contributed by atoms with van der Waals surface area (Å²) >= 11 is 0. The quantitative estimate of drug-likeness (QED) is 0.765. The SMILES string of the molecule is COc1cc(CC(C)N)cc2c1OOC2. The zero-order chi connectivity index (χ0) is 10.8. The third-order valence-corrected chi connectivity index (χ3v) is 2.33. The number of methoxy groups -OCH3 is 1. The summed E-state index contributed by atoms with van der Waals surface area (Å²) in [5.41, 5.74) is 7.92. The van der Waals surface area contributed by atoms with Crippen LogP contribution in [0, 0.1) is 0 Å². The molecule has 15 heavy (non-hydrogen) atoms. The highest BCUT2D eigenvalue weighted by Gasteiger charge is 2.20. The van der Waals surface area contributed by atoms with Crippen molar-refractivity contribution in [1.29, 1.82) is 0 Å². The molecule has 0 bridgehead atoms. The second-order valence-electron chi connectivity index (χ2n) is 3.81. The number of hydrogen-bond donors (Lipinski definition) is 1. The molecule has 4 nitrogen and oxygen atoms in total. The first kappa shape index (κ1) is 10.3. The van der Waals surface area contributed by atoms with Crippen molar-refractivity contribution in [2.24, 2.45) is 5.73 Å². The third kappa shape index (κ3) is 2.06. The zero-order valence-corrected chi connectivity index (χ0v) is 8.95. The molecule has 1 heterocycles. The molecule has 1 aromatic carbocycles. The van der Waals surface area contributed by atoms with Crippen LogP contribution in [0.3, 0.4) is 0 Å². The number of ether oxygens (including phenoxy) is 1. The highest BCUT2D eigenvalue weighted by molar-refractivity contribution is 5.50. The van der Waals surface area contributed by atoms with Gasteiger partial charge in [0.2, 0.25) is 5.75 Å². The Hall–Kier alpha value is -1.26. The molecule has 4 heteroatoms. The van der Waals surface area contributed by atoms with Gasteiger partial charge in [0.1, 0.15) is 6.61 Å². The van der Waals surface area contributed by atoms with Crippen LogP contribution in [0.5, 0.6) is 11.5 Å². The van der Waals surface area contributed by atoms with Crippen molar-refractivity contribution in [2.45, 2.75) is 26.0 Å². The Bertz CT molecular complexity index is 363. The topological polar surface area (TPSA) is 53.7 Å². The first-order chi connectivity index (χ1) is 7.20. The predicted octanol–water partition coefficient (Wildman–Crippen LogP) is 1.41. The lowest BCUT2D eigenvalue weighted by molar-refractivity contribution is -0.195. The van der Waals surface area contributed by atoms with Crippen LogP contribution in [0.15, 0.2) is 12.1 Å². The van der Waals surface area contributed by atoms with Crippen LogP contribution >= 0.6 is 0 Å². The van der Waals surface area contributed by atoms with Gasteiger partial charge >= 0.3 is 0 Å². The van der Waals surface area contributed by atoms with E-state index in [1.807, 2.05) is 19.1 Å². The number of fused-ring (bicyclic) bond motifs is 1. The highest BCUT2D eigenvalue weighted by Crippen LogP contribution is 2.37. The average Bonchev–Trinajstić information content (AvgIpc) is 2.63. The van der Waals surface area contributed by atoms with Gasteiger partial charge < -0.3 is 15.4 Å². The lowest BCUT2D eigenvalue weighted by Crippen LogP contribution is -2.17. The maximum Gasteiger partial charge on any atom is 0.212 e. The fraction of sp³-hybridized carbons (Fsp3) is 0.455. The molecular weight excluding hydrogens is 194 g/mol. The second kappa shape index (κ2) is 4.08. The van der Waals surface area contributed by atoms with E-state index in [0.717, 1.165) is 17.5 Å². The maximum atomic E-state index is 5.76. The maximum absolute atomic E-state index is 5.76. The number of rotatable bonds is 3. The van der Waals surface area contributed by atoms with Gasteiger partial charge in [-0.2, -0.15) is 4.89 Å². The average molecular weight is 209 g/mol. The number of benzene rings is 1. The molecule has 1 aromatic rings. The molecule has 0 saturated heterocycles. The molecule has 0 fully saturated rings. The summed E-state index contributed by atoms with van der Waals surface area (Å²) in [5.74, 6) is 1.39. The molecule has 1 unspecified atom stereocenters. The second-order valence-corrected chi connectivity index (χ2v) is 3.81. The lowest BCUT2D eigenvalue weighted by Gasteiger charge is -2.09. The summed E-state index contributed by atoms with van der Waals surface area (Å²) in [6, 6.07) is 4.13. The molecule has 0 amide bonds. The van der Waals surface area contributed by atoms with Crippen LogP contribution in [0.2, 0.25) is 0 Å². The van der Waals surface area contributed by atoms with E-state index in [-0.39, 0.29) is 6.04 Å². The summed E-state index contributed by atoms with van der Waals surface area (Å²) in [5, 5.41) is 0. The van der Waals surface area contributed by atoms with E-state index in [2.05, 4.69) is 0 Å². The van der Waals surface area contributed by atoms with E-state index in [0.29, 0.717) is 18.1 Å². The van der Waals surface area contributed by atoms with Crippen molar-refractivity contribution in [1.82, 2.24) is 0 Å². The molecule has 1 aliphatic heterocycles. The predicted molar refractivity (Wildman–Crippen MR) is 55.8 cm³/mol. The Morgan fingerprint density at radius 1 is 1.53 bits per heavy atom. The summed E-state index contributed by atoms with van der Waals surface area (Å²) in [4.78, 5) is 9.93. The molecule has 0 aliphatic carbocycles. The molecule has 0 radical (unpaired) electrons. The highest BCUT2D eigenvalue weighted by atomic mass is 17.2. The van der Waals surface area contributed by atoms with Crippen molar-refractivity contribution in [3.8, 4) is 11.5 Å². The van der Waals surface area contributed by atoms with Gasteiger partial charge in [-0.1, -0.05) is 0 Å². The van der Waals surface area contributed by atoms with E-state index in [1.165, 1.54) is 0 Å². The largest absolute Gasteiger partial charge is 0.493 e. The minimum absolute atomic E-state index is 0.135. The van der Waals surface area contributed by atoms with Crippen molar-refractivity contribution in [3.05, 3.63) is 23.3 Å². The standard InChI is InChI=1S/C11H15NO3/c1-7(12)3-8-4-9-6-14-15-11(9)10(5-8)13-2/h4-5,7H,3,6,12H2,1-2H3. The van der Waals surface area contributed by atoms with Gasteiger partial charge in [0.25, 0.3) is 0 Å².